The van der Waals surface area contributed by atoms with Crippen molar-refractivity contribution < 1.29 is 14.3 Å². The van der Waals surface area contributed by atoms with E-state index in [0.717, 1.165) is 21.3 Å². The zero-order valence-corrected chi connectivity index (χ0v) is 18.0. The molecule has 0 aliphatic carbocycles. The lowest BCUT2D eigenvalue weighted by atomic mass is 10.1. The number of amides is 1. The Bertz CT molecular complexity index is 1260. The molecule has 0 atom stereocenters. The van der Waals surface area contributed by atoms with Crippen molar-refractivity contribution in [3.05, 3.63) is 81.2 Å². The fourth-order valence-electron chi connectivity index (χ4n) is 3.30. The van der Waals surface area contributed by atoms with Crippen LogP contribution in [0.25, 0.3) is 23.1 Å². The fraction of sp³-hybridized carbons (Fsp3) is 0.125. The van der Waals surface area contributed by atoms with Crippen LogP contribution in [0.1, 0.15) is 43.8 Å². The molecule has 1 amide bonds. The van der Waals surface area contributed by atoms with Gasteiger partial charge in [0.2, 0.25) is 0 Å². The lowest BCUT2D eigenvalue weighted by Gasteiger charge is -2.10. The summed E-state index contributed by atoms with van der Waals surface area (Å²) >= 11 is 1.59. The quantitative estimate of drug-likeness (QED) is 0.406. The minimum atomic E-state index is -0.205. The number of methoxy groups -OCH3 is 1. The van der Waals surface area contributed by atoms with E-state index in [-0.39, 0.29) is 11.7 Å². The number of Topliss-reactive ketones (excluding diaryl/α,β-unsaturated/α-hetero) is 1. The van der Waals surface area contributed by atoms with Crippen LogP contribution in [0.5, 0.6) is 5.75 Å². The molecule has 31 heavy (non-hydrogen) atoms. The van der Waals surface area contributed by atoms with E-state index in [0.29, 0.717) is 29.1 Å². The Labute approximate surface area is 183 Å². The van der Waals surface area contributed by atoms with Gasteiger partial charge in [-0.25, -0.2) is 0 Å². The lowest BCUT2D eigenvalue weighted by Crippen LogP contribution is -2.22. The predicted molar refractivity (Wildman–Crippen MR) is 124 cm³/mol. The van der Waals surface area contributed by atoms with Gasteiger partial charge in [0.25, 0.3) is 5.91 Å². The maximum absolute atomic E-state index is 12.8. The molecule has 0 saturated carbocycles. The number of benzene rings is 2. The summed E-state index contributed by atoms with van der Waals surface area (Å²) in [6.07, 6.45) is 3.76. The highest BCUT2D eigenvalue weighted by Crippen LogP contribution is 2.32. The lowest BCUT2D eigenvalue weighted by molar-refractivity contribution is 0.0947. The van der Waals surface area contributed by atoms with Crippen LogP contribution in [0.2, 0.25) is 0 Å². The van der Waals surface area contributed by atoms with Crippen LogP contribution in [0.3, 0.4) is 0 Å². The van der Waals surface area contributed by atoms with Crippen LogP contribution >= 0.6 is 11.3 Å². The zero-order valence-electron chi connectivity index (χ0n) is 17.1. The number of aromatic nitrogens is 2. The van der Waals surface area contributed by atoms with Crippen molar-refractivity contribution in [2.75, 3.05) is 7.11 Å². The van der Waals surface area contributed by atoms with Crippen LogP contribution in [0.4, 0.5) is 0 Å². The highest BCUT2D eigenvalue weighted by atomic mass is 32.1. The molecule has 2 aromatic carbocycles. The molecule has 2 aromatic heterocycles. The second-order valence-corrected chi connectivity index (χ2v) is 7.98. The molecule has 7 heteroatoms. The number of fused-ring (bicyclic) bond motifs is 1. The number of thiophene rings is 1. The van der Waals surface area contributed by atoms with Crippen LogP contribution in [0, 0.1) is 0 Å². The van der Waals surface area contributed by atoms with Crippen molar-refractivity contribution in [3.63, 3.8) is 0 Å². The predicted octanol–water partition coefficient (Wildman–Crippen LogP) is 4.94. The van der Waals surface area contributed by atoms with Crippen molar-refractivity contribution in [3.8, 4) is 5.75 Å². The molecule has 6 nitrogen and oxygen atoms in total. The second-order valence-electron chi connectivity index (χ2n) is 6.95. The highest BCUT2D eigenvalue weighted by molar-refractivity contribution is 7.09. The summed E-state index contributed by atoms with van der Waals surface area (Å²) in [4.78, 5) is 25.3. The van der Waals surface area contributed by atoms with Gasteiger partial charge < -0.3 is 10.1 Å². The van der Waals surface area contributed by atoms with Gasteiger partial charge in [-0.15, -0.1) is 11.3 Å². The van der Waals surface area contributed by atoms with Crippen LogP contribution in [-0.2, 0) is 6.54 Å². The molecule has 4 rings (SSSR count). The van der Waals surface area contributed by atoms with Crippen molar-refractivity contribution >= 4 is 46.1 Å². The number of H-pyrrole nitrogens is 1. The number of hydrogen-bond donors (Lipinski definition) is 2. The fourth-order valence-corrected chi connectivity index (χ4v) is 3.94. The maximum atomic E-state index is 12.8. The van der Waals surface area contributed by atoms with E-state index in [9.17, 15) is 9.59 Å². The molecule has 0 aliphatic heterocycles. The number of carbonyl (C=O) groups excluding carboxylic acids is 2. The number of ketones is 1. The third-order valence-electron chi connectivity index (χ3n) is 4.91. The van der Waals surface area contributed by atoms with E-state index in [1.54, 1.807) is 43.6 Å². The highest BCUT2D eigenvalue weighted by Gasteiger charge is 2.18. The third kappa shape index (κ3) is 4.41. The Hall–Kier alpha value is -3.71. The van der Waals surface area contributed by atoms with E-state index in [1.807, 2.05) is 47.9 Å². The summed E-state index contributed by atoms with van der Waals surface area (Å²) in [7, 11) is 1.55. The molecule has 0 bridgehead atoms. The number of rotatable bonds is 7. The van der Waals surface area contributed by atoms with E-state index in [1.165, 1.54) is 0 Å². The molecular formula is C24H21N3O3S. The monoisotopic (exact) mass is 431 g/mol. The summed E-state index contributed by atoms with van der Waals surface area (Å²) in [5, 5.41) is 13.0. The van der Waals surface area contributed by atoms with Gasteiger partial charge >= 0.3 is 0 Å². The molecule has 0 aliphatic rings. The summed E-state index contributed by atoms with van der Waals surface area (Å²) in [6.45, 7) is 2.01. The summed E-state index contributed by atoms with van der Waals surface area (Å²) in [5.41, 5.74) is 3.49. The van der Waals surface area contributed by atoms with Gasteiger partial charge in [0.05, 0.1) is 35.8 Å². The molecule has 156 valence electrons. The molecule has 0 fully saturated rings. The average Bonchev–Trinajstić information content (AvgIpc) is 3.45. The number of ether oxygens (including phenoxy) is 1. The van der Waals surface area contributed by atoms with Crippen molar-refractivity contribution in [2.24, 2.45) is 0 Å². The van der Waals surface area contributed by atoms with Gasteiger partial charge in [-0.1, -0.05) is 36.4 Å². The van der Waals surface area contributed by atoms with Gasteiger partial charge in [0.1, 0.15) is 5.75 Å². The number of nitrogens with one attached hydrogen (secondary N) is 2. The minimum Gasteiger partial charge on any atom is -0.495 e. The first-order valence-corrected chi connectivity index (χ1v) is 10.6. The molecule has 0 spiro atoms. The maximum Gasteiger partial charge on any atom is 0.255 e. The Morgan fingerprint density at radius 2 is 1.94 bits per heavy atom. The van der Waals surface area contributed by atoms with E-state index in [4.69, 9.17) is 4.74 Å². The van der Waals surface area contributed by atoms with Crippen molar-refractivity contribution in [1.82, 2.24) is 15.5 Å². The minimum absolute atomic E-state index is 0.0310. The van der Waals surface area contributed by atoms with Crippen LogP contribution in [0.15, 0.2) is 53.9 Å². The van der Waals surface area contributed by atoms with Gasteiger partial charge in [-0.2, -0.15) is 5.10 Å². The normalized spacial score (nSPS) is 11.2. The summed E-state index contributed by atoms with van der Waals surface area (Å²) in [5.74, 6) is 0.299. The number of carbonyl (C=O) groups is 2. The molecule has 2 N–H and O–H groups in total. The smallest absolute Gasteiger partial charge is 0.255 e. The average molecular weight is 432 g/mol. The van der Waals surface area contributed by atoms with E-state index in [2.05, 4.69) is 15.5 Å². The molecule has 2 heterocycles. The number of hydrogen-bond acceptors (Lipinski definition) is 5. The first kappa shape index (κ1) is 20.6. The Morgan fingerprint density at radius 3 is 2.61 bits per heavy atom. The number of nitrogens with zero attached hydrogens (tertiary/aromatic N) is 1. The first-order valence-electron chi connectivity index (χ1n) is 9.71. The van der Waals surface area contributed by atoms with E-state index < -0.39 is 0 Å². The van der Waals surface area contributed by atoms with Gasteiger partial charge in [0.15, 0.2) is 5.78 Å². The van der Waals surface area contributed by atoms with Gasteiger partial charge in [-0.3, -0.25) is 14.7 Å². The van der Waals surface area contributed by atoms with Gasteiger partial charge in [-0.05, 0) is 42.1 Å². The molecule has 0 radical (unpaired) electrons. The first-order chi connectivity index (χ1) is 15.1. The van der Waals surface area contributed by atoms with Crippen molar-refractivity contribution in [2.45, 2.75) is 13.5 Å². The molecule has 0 saturated heterocycles. The molecule has 0 unspecified atom stereocenters. The van der Waals surface area contributed by atoms with Crippen LogP contribution < -0.4 is 10.1 Å². The zero-order chi connectivity index (χ0) is 21.8. The Balaban J connectivity index is 1.63. The summed E-state index contributed by atoms with van der Waals surface area (Å²) < 4.78 is 5.62. The number of aromatic amines is 1. The third-order valence-corrected chi connectivity index (χ3v) is 5.79. The second kappa shape index (κ2) is 8.97. The van der Waals surface area contributed by atoms with Crippen molar-refractivity contribution in [1.29, 1.82) is 0 Å². The Kier molecular flexibility index (Phi) is 5.95. The molecular weight excluding hydrogens is 410 g/mol. The molecule has 4 aromatic rings. The SMILES string of the molecule is COc1c(C(=O)NCc2cccs2)ccc2[nH]nc(C=Cc3ccc(C(C)=O)cc3)c12. The van der Waals surface area contributed by atoms with Gasteiger partial charge in [0, 0.05) is 10.4 Å². The summed E-state index contributed by atoms with van der Waals surface area (Å²) in [6, 6.07) is 14.8. The Morgan fingerprint density at radius 1 is 1.13 bits per heavy atom. The topological polar surface area (TPSA) is 84.1 Å². The largest absolute Gasteiger partial charge is 0.495 e. The van der Waals surface area contributed by atoms with E-state index >= 15 is 0 Å². The standard InChI is InChI=1S/C24H21N3O3S/c1-15(28)17-8-5-16(6-9-17)7-11-20-22-21(27-26-20)12-10-19(23(22)30-2)24(29)25-14-18-4-3-13-31-18/h3-13H,14H2,1-2H3,(H,25,29)(H,26,27). The van der Waals surface area contributed by atoms with Crippen LogP contribution in [-0.4, -0.2) is 29.0 Å².